The Morgan fingerprint density at radius 3 is 2.24 bits per heavy atom. The summed E-state index contributed by atoms with van der Waals surface area (Å²) in [6.07, 6.45) is 0. The maximum Gasteiger partial charge on any atom is 0.295 e. The molecule has 2 aromatic carbocycles. The van der Waals surface area contributed by atoms with E-state index in [2.05, 4.69) is 20.8 Å². The van der Waals surface area contributed by atoms with Gasteiger partial charge < -0.3 is 19.6 Å². The minimum absolute atomic E-state index is 0.0224. The lowest BCUT2D eigenvalue weighted by Gasteiger charge is -2.27. The highest BCUT2D eigenvalue weighted by Gasteiger charge is 2.46. The second-order valence-corrected chi connectivity index (χ2v) is 9.85. The number of carbonyl (C=O) groups is 2. The molecule has 2 aromatic rings. The molecule has 0 saturated carbocycles. The van der Waals surface area contributed by atoms with Crippen LogP contribution >= 0.6 is 0 Å². The number of carbonyl (C=O) groups excluding carboxylic acids is 2. The summed E-state index contributed by atoms with van der Waals surface area (Å²) in [5.41, 5.74) is 3.32. The average Bonchev–Trinajstić information content (AvgIpc) is 3.01. The van der Waals surface area contributed by atoms with Gasteiger partial charge in [0.2, 0.25) is 0 Å². The normalized spacial score (nSPS) is 18.3. The minimum Gasteiger partial charge on any atom is -0.507 e. The van der Waals surface area contributed by atoms with E-state index >= 15 is 0 Å². The van der Waals surface area contributed by atoms with E-state index in [9.17, 15) is 14.7 Å². The van der Waals surface area contributed by atoms with Crippen molar-refractivity contribution < 1.29 is 19.4 Å². The Hall–Kier alpha value is -3.12. The quantitative estimate of drug-likeness (QED) is 0.404. The number of hydrogen-bond donors (Lipinski definition) is 1. The number of aliphatic hydroxyl groups excluding tert-OH is 1. The van der Waals surface area contributed by atoms with E-state index in [0.29, 0.717) is 24.4 Å². The minimum atomic E-state index is -0.661. The summed E-state index contributed by atoms with van der Waals surface area (Å²) in [5, 5.41) is 11.3. The molecule has 176 valence electrons. The number of likely N-dealkylation sites (N-methyl/N-ethyl adjacent to an activating group) is 1. The first-order valence-corrected chi connectivity index (χ1v) is 11.1. The van der Waals surface area contributed by atoms with E-state index in [-0.39, 0.29) is 16.7 Å². The standard InChI is InChI=1S/C27H34N2O4/c1-17-16-20(33-7)12-13-21(17)24(30)22-23(18-8-10-19(11-9-18)27(2,3)4)29(15-14-28(5)6)26(32)25(22)31/h8-13,16,23,30H,14-15H2,1-7H3/b24-22+/t23-/m0/s1. The molecule has 1 N–H and O–H groups in total. The second kappa shape index (κ2) is 9.40. The van der Waals surface area contributed by atoms with Crippen LogP contribution in [0.25, 0.3) is 5.76 Å². The van der Waals surface area contributed by atoms with Crippen molar-refractivity contribution in [2.45, 2.75) is 39.2 Å². The third-order valence-electron chi connectivity index (χ3n) is 6.11. The fraction of sp³-hybridized carbons (Fsp3) is 0.407. The van der Waals surface area contributed by atoms with Crippen LogP contribution in [0, 0.1) is 6.92 Å². The highest BCUT2D eigenvalue weighted by Crippen LogP contribution is 2.40. The van der Waals surface area contributed by atoms with Gasteiger partial charge in [-0.25, -0.2) is 0 Å². The fourth-order valence-electron chi connectivity index (χ4n) is 4.10. The number of ketones is 1. The van der Waals surface area contributed by atoms with E-state index in [0.717, 1.165) is 16.7 Å². The van der Waals surface area contributed by atoms with Crippen molar-refractivity contribution in [3.8, 4) is 5.75 Å². The number of nitrogens with zero attached hydrogens (tertiary/aromatic N) is 2. The van der Waals surface area contributed by atoms with Gasteiger partial charge in [-0.15, -0.1) is 0 Å². The number of ether oxygens (including phenoxy) is 1. The number of methoxy groups -OCH3 is 1. The van der Waals surface area contributed by atoms with Crippen molar-refractivity contribution in [2.24, 2.45) is 0 Å². The smallest absolute Gasteiger partial charge is 0.295 e. The molecule has 0 radical (unpaired) electrons. The molecule has 3 rings (SSSR count). The second-order valence-electron chi connectivity index (χ2n) is 9.85. The molecule has 1 aliphatic rings. The highest BCUT2D eigenvalue weighted by atomic mass is 16.5. The van der Waals surface area contributed by atoms with Crippen molar-refractivity contribution >= 4 is 17.4 Å². The molecule has 33 heavy (non-hydrogen) atoms. The third kappa shape index (κ3) is 4.96. The van der Waals surface area contributed by atoms with Crippen LogP contribution in [0.3, 0.4) is 0 Å². The van der Waals surface area contributed by atoms with E-state index in [1.165, 1.54) is 0 Å². The first kappa shape index (κ1) is 24.5. The van der Waals surface area contributed by atoms with Crippen LogP contribution in [0.2, 0.25) is 0 Å². The summed E-state index contributed by atoms with van der Waals surface area (Å²) in [6, 6.07) is 12.6. The molecule has 1 fully saturated rings. The van der Waals surface area contributed by atoms with E-state index in [4.69, 9.17) is 4.74 Å². The number of likely N-dealkylation sites (tertiary alicyclic amines) is 1. The Morgan fingerprint density at radius 2 is 1.73 bits per heavy atom. The van der Waals surface area contributed by atoms with Gasteiger partial charge in [0.05, 0.1) is 18.7 Å². The molecule has 0 bridgehead atoms. The third-order valence-corrected chi connectivity index (χ3v) is 6.11. The maximum atomic E-state index is 13.2. The number of Topliss-reactive ketones (excluding diaryl/α,β-unsaturated/α-hetero) is 1. The molecule has 6 nitrogen and oxygen atoms in total. The fourth-order valence-corrected chi connectivity index (χ4v) is 4.10. The van der Waals surface area contributed by atoms with Gasteiger partial charge in [-0.2, -0.15) is 0 Å². The van der Waals surface area contributed by atoms with Crippen LogP contribution in [0.1, 0.15) is 49.1 Å². The van der Waals surface area contributed by atoms with Crippen LogP contribution in [0.15, 0.2) is 48.0 Å². The molecule has 0 spiro atoms. The zero-order valence-electron chi connectivity index (χ0n) is 20.6. The number of rotatable bonds is 6. The lowest BCUT2D eigenvalue weighted by molar-refractivity contribution is -0.140. The number of hydrogen-bond acceptors (Lipinski definition) is 5. The van der Waals surface area contributed by atoms with Crippen molar-refractivity contribution in [1.29, 1.82) is 0 Å². The SMILES string of the molecule is COc1ccc(/C(O)=C2\C(=O)C(=O)N(CCN(C)C)[C@H]2c2ccc(C(C)(C)C)cc2)c(C)c1. The van der Waals surface area contributed by atoms with Crippen LogP contribution in [0.5, 0.6) is 5.75 Å². The number of benzene rings is 2. The number of aliphatic hydroxyl groups is 1. The largest absolute Gasteiger partial charge is 0.507 e. The lowest BCUT2D eigenvalue weighted by Crippen LogP contribution is -2.35. The van der Waals surface area contributed by atoms with Gasteiger partial charge in [0.15, 0.2) is 0 Å². The average molecular weight is 451 g/mol. The van der Waals surface area contributed by atoms with Crippen molar-refractivity contribution in [3.05, 3.63) is 70.3 Å². The van der Waals surface area contributed by atoms with E-state index in [1.807, 2.05) is 50.2 Å². The molecule has 0 aromatic heterocycles. The summed E-state index contributed by atoms with van der Waals surface area (Å²) in [6.45, 7) is 9.23. The van der Waals surface area contributed by atoms with E-state index < -0.39 is 17.7 Å². The van der Waals surface area contributed by atoms with Gasteiger partial charge in [-0.3, -0.25) is 9.59 Å². The zero-order valence-corrected chi connectivity index (χ0v) is 20.6. The first-order chi connectivity index (χ1) is 15.5. The molecule has 1 aliphatic heterocycles. The van der Waals surface area contributed by atoms with E-state index in [1.54, 1.807) is 30.2 Å². The van der Waals surface area contributed by atoms with Gasteiger partial charge in [0, 0.05) is 18.7 Å². The summed E-state index contributed by atoms with van der Waals surface area (Å²) in [7, 11) is 5.42. The first-order valence-electron chi connectivity index (χ1n) is 11.1. The molecule has 1 atom stereocenters. The predicted molar refractivity (Wildman–Crippen MR) is 130 cm³/mol. The molecule has 0 unspecified atom stereocenters. The van der Waals surface area contributed by atoms with Crippen LogP contribution in [0.4, 0.5) is 0 Å². The Morgan fingerprint density at radius 1 is 1.09 bits per heavy atom. The summed E-state index contributed by atoms with van der Waals surface area (Å²) >= 11 is 0. The van der Waals surface area contributed by atoms with Crippen molar-refractivity contribution in [3.63, 3.8) is 0 Å². The molecular formula is C27H34N2O4. The van der Waals surface area contributed by atoms with Gasteiger partial charge in [-0.05, 0) is 61.3 Å². The molecule has 0 aliphatic carbocycles. The monoisotopic (exact) mass is 450 g/mol. The Kier molecular flexibility index (Phi) is 6.98. The molecule has 1 saturated heterocycles. The summed E-state index contributed by atoms with van der Waals surface area (Å²) in [5.74, 6) is -0.753. The van der Waals surface area contributed by atoms with Gasteiger partial charge >= 0.3 is 0 Å². The van der Waals surface area contributed by atoms with Crippen LogP contribution in [-0.4, -0.2) is 60.9 Å². The summed E-state index contributed by atoms with van der Waals surface area (Å²) < 4.78 is 5.26. The van der Waals surface area contributed by atoms with Gasteiger partial charge in [0.1, 0.15) is 11.5 Å². The Bertz CT molecular complexity index is 1080. The lowest BCUT2D eigenvalue weighted by atomic mass is 9.85. The molecular weight excluding hydrogens is 416 g/mol. The summed E-state index contributed by atoms with van der Waals surface area (Å²) in [4.78, 5) is 29.8. The number of aryl methyl sites for hydroxylation is 1. The van der Waals surface area contributed by atoms with Crippen molar-refractivity contribution in [2.75, 3.05) is 34.3 Å². The van der Waals surface area contributed by atoms with Crippen LogP contribution in [-0.2, 0) is 15.0 Å². The maximum absolute atomic E-state index is 13.2. The molecule has 1 amide bonds. The Balaban J connectivity index is 2.16. The topological polar surface area (TPSA) is 70.1 Å². The predicted octanol–water partition coefficient (Wildman–Crippen LogP) is 4.28. The Labute approximate surface area is 196 Å². The number of amides is 1. The molecule has 1 heterocycles. The molecule has 6 heteroatoms. The zero-order chi connectivity index (χ0) is 24.5. The van der Waals surface area contributed by atoms with Crippen molar-refractivity contribution in [1.82, 2.24) is 9.80 Å². The highest BCUT2D eigenvalue weighted by molar-refractivity contribution is 6.46. The van der Waals surface area contributed by atoms with Gasteiger partial charge in [-0.1, -0.05) is 45.0 Å². The van der Waals surface area contributed by atoms with Gasteiger partial charge in [0.25, 0.3) is 11.7 Å². The van der Waals surface area contributed by atoms with Crippen LogP contribution < -0.4 is 4.74 Å².